The van der Waals surface area contributed by atoms with Crippen molar-refractivity contribution in [2.24, 2.45) is 0 Å². The first-order valence-electron chi connectivity index (χ1n) is 4.09. The second kappa shape index (κ2) is 6.55. The molecule has 0 aromatic carbocycles. The first-order chi connectivity index (χ1) is 4.24. The van der Waals surface area contributed by atoms with Gasteiger partial charge in [-0.3, -0.25) is 0 Å². The van der Waals surface area contributed by atoms with E-state index >= 15 is 0 Å². The molecule has 2 heteroatoms. The van der Waals surface area contributed by atoms with Crippen LogP contribution in [0.2, 0.25) is 0 Å². The number of hydrogen-bond acceptors (Lipinski definition) is 0. The zero-order valence-electron chi connectivity index (χ0n) is 7.78. The van der Waals surface area contributed by atoms with E-state index in [-0.39, 0.29) is 26.2 Å². The Hall–Kier alpha value is 0.843. The van der Waals surface area contributed by atoms with Gasteiger partial charge in [-0.05, 0) is 27.7 Å². The van der Waals surface area contributed by atoms with Gasteiger partial charge in [0.2, 0.25) is 0 Å². The molecule has 0 aliphatic carbocycles. The average Bonchev–Trinajstić information content (AvgIpc) is 1.95. The van der Waals surface area contributed by atoms with E-state index in [4.69, 9.17) is 0 Å². The molecule has 0 saturated heterocycles. The van der Waals surface area contributed by atoms with Crippen molar-refractivity contribution in [1.82, 2.24) is 0 Å². The zero-order chi connectivity index (χ0) is 7.33. The molecule has 0 amide bonds. The Labute approximate surface area is 84.5 Å². The third-order valence-corrected chi connectivity index (χ3v) is 2.68. The molecule has 0 rings (SSSR count). The fourth-order valence-electron chi connectivity index (χ4n) is 1.34. The van der Waals surface area contributed by atoms with Crippen molar-refractivity contribution >= 4 is 0 Å². The van der Waals surface area contributed by atoms with E-state index in [0.717, 1.165) is 0 Å². The Kier molecular flexibility index (Phi) is 8.80. The topological polar surface area (TPSA) is 0 Å². The molecule has 0 fully saturated rings. The maximum absolute atomic E-state index is 2.27. The number of quaternary nitrogens is 1. The van der Waals surface area contributed by atoms with Crippen LogP contribution in [0.3, 0.4) is 0 Å². The van der Waals surface area contributed by atoms with Gasteiger partial charge in [0.25, 0.3) is 0 Å². The van der Waals surface area contributed by atoms with Crippen LogP contribution < -0.4 is 0 Å². The van der Waals surface area contributed by atoms with Crippen molar-refractivity contribution in [3.8, 4) is 0 Å². The summed E-state index contributed by atoms with van der Waals surface area (Å²) in [5, 5.41) is 0. The van der Waals surface area contributed by atoms with Crippen LogP contribution in [0.5, 0.6) is 0 Å². The van der Waals surface area contributed by atoms with Crippen LogP contribution in [0, 0.1) is 0 Å². The molecule has 0 heterocycles. The molecule has 0 unspecified atom stereocenters. The molecule has 56 valence electrons. The minimum atomic E-state index is 0. The van der Waals surface area contributed by atoms with E-state index in [9.17, 15) is 0 Å². The van der Waals surface area contributed by atoms with E-state index in [1.807, 2.05) is 0 Å². The van der Waals surface area contributed by atoms with Crippen LogP contribution in [-0.4, -0.2) is 30.7 Å². The molecule has 0 aliphatic heterocycles. The summed E-state index contributed by atoms with van der Waals surface area (Å²) in [6.07, 6.45) is 0. The average molecular weight is 221 g/mol. The molecular weight excluding hydrogens is 201 g/mol. The fourth-order valence-corrected chi connectivity index (χ4v) is 1.34. The summed E-state index contributed by atoms with van der Waals surface area (Å²) < 4.78 is 1.28. The van der Waals surface area contributed by atoms with Crippen LogP contribution in [0.4, 0.5) is 0 Å². The van der Waals surface area contributed by atoms with Crippen LogP contribution in [0.1, 0.15) is 27.7 Å². The predicted molar refractivity (Wildman–Crippen MR) is 42.4 cm³/mol. The minimum absolute atomic E-state index is 0. The Morgan fingerprint density at radius 1 is 0.700 bits per heavy atom. The standard InChI is InChI=1S/C8H20N.Zr/c1-5-9(6-2,7-3)8-4;/h5-8H2,1-4H3;/q+1;+4. The molecule has 0 N–H and O–H groups in total. The first-order valence-corrected chi connectivity index (χ1v) is 4.09. The molecule has 0 atom stereocenters. The summed E-state index contributed by atoms with van der Waals surface area (Å²) in [6.45, 7) is 14.2. The second-order valence-electron chi connectivity index (χ2n) is 2.61. The van der Waals surface area contributed by atoms with Gasteiger partial charge in [0.05, 0.1) is 26.2 Å². The van der Waals surface area contributed by atoms with Gasteiger partial charge >= 0.3 is 26.2 Å². The summed E-state index contributed by atoms with van der Waals surface area (Å²) in [4.78, 5) is 0. The van der Waals surface area contributed by atoms with Gasteiger partial charge in [0, 0.05) is 0 Å². The van der Waals surface area contributed by atoms with Gasteiger partial charge in [-0.2, -0.15) is 0 Å². The van der Waals surface area contributed by atoms with Crippen molar-refractivity contribution < 1.29 is 30.7 Å². The third-order valence-electron chi connectivity index (χ3n) is 2.68. The zero-order valence-corrected chi connectivity index (χ0v) is 10.2. The Bertz CT molecular complexity index is 52.1. The summed E-state index contributed by atoms with van der Waals surface area (Å²) in [5.41, 5.74) is 0. The molecule has 0 saturated carbocycles. The third kappa shape index (κ3) is 3.30. The van der Waals surface area contributed by atoms with Gasteiger partial charge < -0.3 is 4.48 Å². The summed E-state index contributed by atoms with van der Waals surface area (Å²) in [5.74, 6) is 0. The Morgan fingerprint density at radius 3 is 0.900 bits per heavy atom. The van der Waals surface area contributed by atoms with Crippen LogP contribution in [0.15, 0.2) is 0 Å². The number of rotatable bonds is 4. The molecular formula is C8H20NZr+5. The SMILES string of the molecule is CC[N+](CC)(CC)CC.[Zr+4]. The predicted octanol–water partition coefficient (Wildman–Crippen LogP) is 1.88. The number of nitrogens with zero attached hydrogens (tertiary/aromatic N) is 1. The summed E-state index contributed by atoms with van der Waals surface area (Å²) in [7, 11) is 0. The smallest absolute Gasteiger partial charge is 0.325 e. The van der Waals surface area contributed by atoms with E-state index in [1.54, 1.807) is 0 Å². The molecule has 10 heavy (non-hydrogen) atoms. The summed E-state index contributed by atoms with van der Waals surface area (Å²) >= 11 is 0. The molecule has 1 nitrogen and oxygen atoms in total. The maximum atomic E-state index is 2.27. The van der Waals surface area contributed by atoms with Crippen LogP contribution >= 0.6 is 0 Å². The van der Waals surface area contributed by atoms with Crippen molar-refractivity contribution in [2.45, 2.75) is 27.7 Å². The first kappa shape index (κ1) is 13.4. The Balaban J connectivity index is 0. The number of hydrogen-bond donors (Lipinski definition) is 0. The van der Waals surface area contributed by atoms with E-state index in [0.29, 0.717) is 0 Å². The van der Waals surface area contributed by atoms with Gasteiger partial charge in [0.1, 0.15) is 0 Å². The normalized spacial score (nSPS) is 10.8. The summed E-state index contributed by atoms with van der Waals surface area (Å²) in [6, 6.07) is 0. The molecule has 0 aromatic rings. The van der Waals surface area contributed by atoms with E-state index in [2.05, 4.69) is 27.7 Å². The van der Waals surface area contributed by atoms with Crippen molar-refractivity contribution in [3.05, 3.63) is 0 Å². The van der Waals surface area contributed by atoms with E-state index < -0.39 is 0 Å². The quantitative estimate of drug-likeness (QED) is 0.636. The molecule has 0 aliphatic rings. The van der Waals surface area contributed by atoms with Crippen molar-refractivity contribution in [1.29, 1.82) is 0 Å². The second-order valence-corrected chi connectivity index (χ2v) is 2.61. The van der Waals surface area contributed by atoms with Crippen LogP contribution in [-0.2, 0) is 26.2 Å². The maximum Gasteiger partial charge on any atom is 4.00 e. The fraction of sp³-hybridized carbons (Fsp3) is 1.00. The van der Waals surface area contributed by atoms with Crippen LogP contribution in [0.25, 0.3) is 0 Å². The van der Waals surface area contributed by atoms with Crippen molar-refractivity contribution in [2.75, 3.05) is 26.2 Å². The minimum Gasteiger partial charge on any atom is -0.325 e. The van der Waals surface area contributed by atoms with Gasteiger partial charge in [-0.1, -0.05) is 0 Å². The largest absolute Gasteiger partial charge is 4.00 e. The molecule has 0 aromatic heterocycles. The van der Waals surface area contributed by atoms with E-state index in [1.165, 1.54) is 30.7 Å². The molecule has 0 radical (unpaired) electrons. The van der Waals surface area contributed by atoms with Crippen molar-refractivity contribution in [3.63, 3.8) is 0 Å². The van der Waals surface area contributed by atoms with Gasteiger partial charge in [0.15, 0.2) is 0 Å². The van der Waals surface area contributed by atoms with Gasteiger partial charge in [-0.15, -0.1) is 0 Å². The molecule has 0 spiro atoms. The monoisotopic (exact) mass is 220 g/mol. The molecule has 0 bridgehead atoms. The van der Waals surface area contributed by atoms with Gasteiger partial charge in [-0.25, -0.2) is 0 Å². The Morgan fingerprint density at radius 2 is 0.900 bits per heavy atom.